The van der Waals surface area contributed by atoms with Crippen molar-refractivity contribution in [3.05, 3.63) is 35.4 Å². The fourth-order valence-electron chi connectivity index (χ4n) is 3.62. The fourth-order valence-corrected chi connectivity index (χ4v) is 3.62. The molecule has 23 heavy (non-hydrogen) atoms. The van der Waals surface area contributed by atoms with Crippen molar-refractivity contribution in [1.82, 2.24) is 9.80 Å². The lowest BCUT2D eigenvalue weighted by Crippen LogP contribution is -2.51. The van der Waals surface area contributed by atoms with Gasteiger partial charge >= 0.3 is 0 Å². The number of ether oxygens (including phenoxy) is 1. The maximum Gasteiger partial charge on any atom is 0.253 e. The molecule has 1 aromatic carbocycles. The number of carbonyl (C=O) groups is 1. The summed E-state index contributed by atoms with van der Waals surface area (Å²) < 4.78 is 5.65. The lowest BCUT2D eigenvalue weighted by molar-refractivity contribution is -0.149. The molecule has 2 fully saturated rings. The molecule has 0 aromatic heterocycles. The largest absolute Gasteiger partial charge is 0.392 e. The van der Waals surface area contributed by atoms with Crippen LogP contribution in [0.2, 0.25) is 0 Å². The Morgan fingerprint density at radius 2 is 2.00 bits per heavy atom. The molecule has 2 heterocycles. The minimum absolute atomic E-state index is 0.0809. The quantitative estimate of drug-likeness (QED) is 0.910. The third-order valence-corrected chi connectivity index (χ3v) is 5.02. The molecule has 2 saturated heterocycles. The van der Waals surface area contributed by atoms with Crippen molar-refractivity contribution in [3.63, 3.8) is 0 Å². The van der Waals surface area contributed by atoms with Crippen molar-refractivity contribution in [3.8, 4) is 0 Å². The zero-order valence-electron chi connectivity index (χ0n) is 13.8. The second-order valence-electron chi connectivity index (χ2n) is 6.58. The number of hydrogen-bond donors (Lipinski definition) is 1. The Hall–Kier alpha value is -1.43. The smallest absolute Gasteiger partial charge is 0.253 e. The summed E-state index contributed by atoms with van der Waals surface area (Å²) in [4.78, 5) is 16.7. The van der Waals surface area contributed by atoms with Gasteiger partial charge in [0.2, 0.25) is 0 Å². The first kappa shape index (κ1) is 16.4. The molecule has 5 heteroatoms. The van der Waals surface area contributed by atoms with Gasteiger partial charge in [-0.3, -0.25) is 4.79 Å². The number of aliphatic hydroxyl groups is 1. The monoisotopic (exact) mass is 318 g/mol. The van der Waals surface area contributed by atoms with Gasteiger partial charge in [-0.1, -0.05) is 24.3 Å². The Labute approximate surface area is 137 Å². The van der Waals surface area contributed by atoms with Crippen LogP contribution in [0.3, 0.4) is 0 Å². The van der Waals surface area contributed by atoms with E-state index in [1.54, 1.807) is 0 Å². The van der Waals surface area contributed by atoms with Gasteiger partial charge in [-0.25, -0.2) is 0 Å². The van der Waals surface area contributed by atoms with E-state index < -0.39 is 0 Å². The molecule has 0 saturated carbocycles. The van der Waals surface area contributed by atoms with Gasteiger partial charge in [0, 0.05) is 26.2 Å². The number of hydrogen-bond acceptors (Lipinski definition) is 4. The third-order valence-electron chi connectivity index (χ3n) is 5.02. The molecule has 0 radical (unpaired) electrons. The topological polar surface area (TPSA) is 53.0 Å². The van der Waals surface area contributed by atoms with Crippen LogP contribution in [-0.2, 0) is 16.1 Å². The molecule has 1 unspecified atom stereocenters. The first-order chi connectivity index (χ1) is 11.2. The van der Waals surface area contributed by atoms with Gasteiger partial charge < -0.3 is 19.6 Å². The van der Waals surface area contributed by atoms with Crippen molar-refractivity contribution in [2.45, 2.75) is 31.5 Å². The van der Waals surface area contributed by atoms with Crippen molar-refractivity contribution in [1.29, 1.82) is 0 Å². The molecule has 0 aliphatic carbocycles. The van der Waals surface area contributed by atoms with Gasteiger partial charge in [-0.05, 0) is 36.9 Å². The van der Waals surface area contributed by atoms with E-state index in [-0.39, 0.29) is 18.6 Å². The Morgan fingerprint density at radius 3 is 2.70 bits per heavy atom. The Bertz CT molecular complexity index is 541. The van der Waals surface area contributed by atoms with Gasteiger partial charge in [0.15, 0.2) is 0 Å². The summed E-state index contributed by atoms with van der Waals surface area (Å²) in [5, 5.41) is 9.50. The second kappa shape index (κ2) is 7.43. The Balaban J connectivity index is 1.59. The third kappa shape index (κ3) is 3.74. The van der Waals surface area contributed by atoms with Crippen LogP contribution in [0.15, 0.2) is 24.3 Å². The number of likely N-dealkylation sites (tertiary alicyclic amines) is 1. The zero-order chi connectivity index (χ0) is 16.2. The molecule has 1 atom stereocenters. The predicted octanol–water partition coefficient (Wildman–Crippen LogP) is 1.22. The first-order valence-electron chi connectivity index (χ1n) is 8.46. The van der Waals surface area contributed by atoms with Gasteiger partial charge in [-0.2, -0.15) is 0 Å². The summed E-state index contributed by atoms with van der Waals surface area (Å²) in [6.45, 7) is 3.83. The number of amides is 1. The average molecular weight is 318 g/mol. The number of nitrogens with zero attached hydrogens (tertiary/aromatic N) is 2. The minimum Gasteiger partial charge on any atom is -0.392 e. The first-order valence-corrected chi connectivity index (χ1v) is 8.46. The molecule has 1 N–H and O–H groups in total. The van der Waals surface area contributed by atoms with E-state index in [2.05, 4.69) is 11.0 Å². The Kier molecular flexibility index (Phi) is 5.30. The molecule has 5 nitrogen and oxygen atoms in total. The van der Waals surface area contributed by atoms with Crippen LogP contribution in [0.25, 0.3) is 0 Å². The normalized spacial score (nSPS) is 23.9. The number of piperidine rings is 1. The maximum atomic E-state index is 12.6. The second-order valence-corrected chi connectivity index (χ2v) is 6.58. The number of carbonyl (C=O) groups excluding carboxylic acids is 1. The molecule has 126 valence electrons. The summed E-state index contributed by atoms with van der Waals surface area (Å²) in [7, 11) is 2.03. The molecule has 0 spiro atoms. The van der Waals surface area contributed by atoms with E-state index in [9.17, 15) is 9.90 Å². The van der Waals surface area contributed by atoms with Crippen LogP contribution in [0.1, 0.15) is 29.9 Å². The van der Waals surface area contributed by atoms with Crippen LogP contribution >= 0.6 is 0 Å². The van der Waals surface area contributed by atoms with E-state index in [0.717, 1.165) is 38.0 Å². The van der Waals surface area contributed by atoms with Gasteiger partial charge in [0.1, 0.15) is 6.10 Å². The van der Waals surface area contributed by atoms with Crippen molar-refractivity contribution < 1.29 is 14.6 Å². The van der Waals surface area contributed by atoms with E-state index in [1.807, 2.05) is 30.1 Å². The summed E-state index contributed by atoms with van der Waals surface area (Å²) in [5.41, 5.74) is 2.24. The fraction of sp³-hybridized carbons (Fsp3) is 0.611. The highest BCUT2D eigenvalue weighted by atomic mass is 16.5. The molecular formula is C18H26N2O3. The van der Waals surface area contributed by atoms with Crippen molar-refractivity contribution in [2.75, 3.05) is 39.8 Å². The average Bonchev–Trinajstić information content (AvgIpc) is 2.61. The molecule has 1 aromatic rings. The maximum absolute atomic E-state index is 12.6. The lowest BCUT2D eigenvalue weighted by atomic mass is 9.86. The zero-order valence-corrected chi connectivity index (χ0v) is 13.8. The predicted molar refractivity (Wildman–Crippen MR) is 88.2 cm³/mol. The number of benzene rings is 1. The van der Waals surface area contributed by atoms with E-state index >= 15 is 0 Å². The van der Waals surface area contributed by atoms with Crippen LogP contribution in [0.5, 0.6) is 0 Å². The number of aliphatic hydroxyl groups excluding tert-OH is 1. The van der Waals surface area contributed by atoms with E-state index in [1.165, 1.54) is 5.56 Å². The lowest BCUT2D eigenvalue weighted by Gasteiger charge is -2.37. The number of rotatable bonds is 3. The summed E-state index contributed by atoms with van der Waals surface area (Å²) in [6, 6.07) is 8.08. The summed E-state index contributed by atoms with van der Waals surface area (Å²) in [5.74, 6) is 0.558. The highest BCUT2D eigenvalue weighted by Crippen LogP contribution is 2.30. The minimum atomic E-state index is -0.310. The number of morpholine rings is 1. The summed E-state index contributed by atoms with van der Waals surface area (Å²) in [6.07, 6.45) is 1.59. The molecule has 3 rings (SSSR count). The number of likely N-dealkylation sites (N-methyl/N-ethyl adjacent to an activating group) is 1. The standard InChI is InChI=1S/C18H26N2O3/c1-19-10-11-23-17(12-19)18(22)20-8-6-14(7-9-20)16-5-3-2-4-15(16)13-21/h2-5,14,17,21H,6-13H2,1H3. The molecule has 2 aliphatic heterocycles. The van der Waals surface area contributed by atoms with Crippen LogP contribution < -0.4 is 0 Å². The van der Waals surface area contributed by atoms with Crippen LogP contribution in [0.4, 0.5) is 0 Å². The van der Waals surface area contributed by atoms with Gasteiger partial charge in [0.25, 0.3) is 5.91 Å². The highest BCUT2D eigenvalue weighted by molar-refractivity contribution is 5.81. The van der Waals surface area contributed by atoms with Crippen LogP contribution in [-0.4, -0.2) is 66.8 Å². The molecule has 2 aliphatic rings. The summed E-state index contributed by atoms with van der Waals surface area (Å²) >= 11 is 0. The highest BCUT2D eigenvalue weighted by Gasteiger charge is 2.32. The van der Waals surface area contributed by atoms with Crippen molar-refractivity contribution >= 4 is 5.91 Å². The Morgan fingerprint density at radius 1 is 1.26 bits per heavy atom. The SMILES string of the molecule is CN1CCOC(C(=O)N2CCC(c3ccccc3CO)CC2)C1. The molecule has 1 amide bonds. The van der Waals surface area contributed by atoms with Gasteiger partial charge in [0.05, 0.1) is 13.2 Å². The van der Waals surface area contributed by atoms with E-state index in [4.69, 9.17) is 4.74 Å². The van der Waals surface area contributed by atoms with Gasteiger partial charge in [-0.15, -0.1) is 0 Å². The molecule has 0 bridgehead atoms. The van der Waals surface area contributed by atoms with E-state index in [0.29, 0.717) is 19.1 Å². The van der Waals surface area contributed by atoms with Crippen molar-refractivity contribution in [2.24, 2.45) is 0 Å². The molecular weight excluding hydrogens is 292 g/mol. The van der Waals surface area contributed by atoms with Crippen LogP contribution in [0, 0.1) is 0 Å².